The summed E-state index contributed by atoms with van der Waals surface area (Å²) in [5.74, 6) is 0.161. The smallest absolute Gasteiger partial charge is 0.411 e. The van der Waals surface area contributed by atoms with Crippen LogP contribution in [-0.2, 0) is 11.3 Å². The van der Waals surface area contributed by atoms with Gasteiger partial charge in [-0.15, -0.1) is 0 Å². The van der Waals surface area contributed by atoms with Crippen LogP contribution < -0.4 is 26.0 Å². The quantitative estimate of drug-likeness (QED) is 0.0811. The summed E-state index contributed by atoms with van der Waals surface area (Å²) in [5.41, 5.74) is 4.47. The van der Waals surface area contributed by atoms with Crippen molar-refractivity contribution in [2.24, 2.45) is 0 Å². The normalized spacial score (nSPS) is 13.4. The van der Waals surface area contributed by atoms with E-state index in [1.807, 2.05) is 60.7 Å². The van der Waals surface area contributed by atoms with E-state index in [0.717, 1.165) is 49.2 Å². The molecular weight excluding hydrogens is 634 g/mol. The average molecular weight is 680 g/mol. The number of benzene rings is 4. The van der Waals surface area contributed by atoms with Crippen molar-refractivity contribution >= 4 is 23.5 Å². The number of rotatable bonds is 16. The fourth-order valence-corrected chi connectivity index (χ4v) is 5.82. The van der Waals surface area contributed by atoms with Crippen molar-refractivity contribution < 1.29 is 29.0 Å². The van der Waals surface area contributed by atoms with E-state index in [0.29, 0.717) is 48.7 Å². The fraction of sp³-hybridized carbons (Fsp3) is 0.308. The molecule has 1 heterocycles. The van der Waals surface area contributed by atoms with Crippen molar-refractivity contribution in [3.05, 3.63) is 114 Å². The lowest BCUT2D eigenvalue weighted by atomic mass is 10.0. The number of anilines is 1. The number of nitrogens with zero attached hydrogens (tertiary/aromatic N) is 1. The van der Waals surface area contributed by atoms with Gasteiger partial charge in [0.1, 0.15) is 6.10 Å². The second-order valence-corrected chi connectivity index (χ2v) is 12.1. The Morgan fingerprint density at radius 2 is 1.58 bits per heavy atom. The number of hydrogen-bond acceptors (Lipinski definition) is 9. The average Bonchev–Trinajstić information content (AvgIpc) is 3.14. The molecule has 0 saturated carbocycles. The summed E-state index contributed by atoms with van der Waals surface area (Å²) in [4.78, 5) is 40.5. The Labute approximate surface area is 293 Å². The summed E-state index contributed by atoms with van der Waals surface area (Å²) in [5, 5.41) is 22.1. The van der Waals surface area contributed by atoms with Gasteiger partial charge in [0.2, 0.25) is 0 Å². The van der Waals surface area contributed by atoms with Crippen molar-refractivity contribution in [3.63, 3.8) is 0 Å². The molecule has 4 aromatic rings. The minimum Gasteiger partial charge on any atom is -0.504 e. The van der Waals surface area contributed by atoms with Crippen molar-refractivity contribution in [2.75, 3.05) is 58.2 Å². The van der Waals surface area contributed by atoms with E-state index >= 15 is 0 Å². The number of phenols is 1. The van der Waals surface area contributed by atoms with E-state index in [2.05, 4.69) is 26.2 Å². The topological polar surface area (TPSA) is 141 Å². The highest BCUT2D eigenvalue weighted by Gasteiger charge is 2.22. The Balaban J connectivity index is 0.953. The number of ketones is 1. The van der Waals surface area contributed by atoms with Gasteiger partial charge in [-0.25, -0.2) is 4.79 Å². The monoisotopic (exact) mass is 679 g/mol. The first-order valence-corrected chi connectivity index (χ1v) is 16.9. The van der Waals surface area contributed by atoms with Gasteiger partial charge in [0.05, 0.1) is 19.3 Å². The minimum absolute atomic E-state index is 0.0809. The standard InChI is InChI=1S/C39H45N5O6/c1-49-37-15-14-28(24-35(37)45)26-40-18-19-42-38(47)31-11-7-10-30(25-31)36(46)27-41-20-23-44-21-16-32(17-22-44)50-39(48)43-34-13-6-5-12-33(34)29-8-3-2-4-9-29/h2-15,24-25,32,40-41,45H,16-23,26-27H2,1H3,(H,42,47)(H,43,48). The predicted octanol–water partition coefficient (Wildman–Crippen LogP) is 5.07. The molecule has 262 valence electrons. The minimum atomic E-state index is -0.450. The summed E-state index contributed by atoms with van der Waals surface area (Å²) in [7, 11) is 1.50. The second kappa shape index (κ2) is 18.5. The molecular formula is C39H45N5O6. The van der Waals surface area contributed by atoms with E-state index in [1.165, 1.54) is 7.11 Å². The van der Waals surface area contributed by atoms with Gasteiger partial charge in [-0.3, -0.25) is 14.9 Å². The third-order valence-corrected chi connectivity index (χ3v) is 8.55. The number of para-hydroxylation sites is 1. The van der Waals surface area contributed by atoms with Gasteiger partial charge >= 0.3 is 6.09 Å². The molecule has 50 heavy (non-hydrogen) atoms. The number of likely N-dealkylation sites (tertiary alicyclic amines) is 1. The van der Waals surface area contributed by atoms with Gasteiger partial charge in [-0.1, -0.05) is 66.7 Å². The molecule has 5 N–H and O–H groups in total. The van der Waals surface area contributed by atoms with Crippen molar-refractivity contribution in [2.45, 2.75) is 25.5 Å². The van der Waals surface area contributed by atoms with Crippen molar-refractivity contribution in [1.82, 2.24) is 20.9 Å². The van der Waals surface area contributed by atoms with Crippen LogP contribution in [0.1, 0.15) is 39.1 Å². The zero-order valence-electron chi connectivity index (χ0n) is 28.3. The summed E-state index contributed by atoms with van der Waals surface area (Å²) >= 11 is 0. The lowest BCUT2D eigenvalue weighted by Gasteiger charge is -2.31. The molecule has 0 unspecified atom stereocenters. The van der Waals surface area contributed by atoms with Gasteiger partial charge in [-0.2, -0.15) is 0 Å². The highest BCUT2D eigenvalue weighted by atomic mass is 16.6. The van der Waals surface area contributed by atoms with Gasteiger partial charge < -0.3 is 35.4 Å². The molecule has 0 aromatic heterocycles. The number of hydrogen-bond donors (Lipinski definition) is 5. The SMILES string of the molecule is COc1ccc(CNCCNC(=O)c2cccc(C(=O)CNCCN3CCC(OC(=O)Nc4ccccc4-c4ccccc4)CC3)c2)cc1O. The molecule has 0 atom stereocenters. The molecule has 0 radical (unpaired) electrons. The highest BCUT2D eigenvalue weighted by molar-refractivity contribution is 6.01. The third kappa shape index (κ3) is 10.6. The molecule has 4 aromatic carbocycles. The van der Waals surface area contributed by atoms with E-state index in [-0.39, 0.29) is 30.1 Å². The molecule has 1 fully saturated rings. The molecule has 0 bridgehead atoms. The largest absolute Gasteiger partial charge is 0.504 e. The number of Topliss-reactive ketones (excluding diaryl/α,β-unsaturated/α-hetero) is 1. The molecule has 5 rings (SSSR count). The van der Waals surface area contributed by atoms with Gasteiger partial charge in [0.15, 0.2) is 17.3 Å². The molecule has 1 aliphatic rings. The zero-order chi connectivity index (χ0) is 35.1. The van der Waals surface area contributed by atoms with Crippen LogP contribution in [0, 0.1) is 0 Å². The summed E-state index contributed by atoms with van der Waals surface area (Å²) in [6, 6.07) is 29.5. The number of carbonyl (C=O) groups excluding carboxylic acids is 3. The van der Waals surface area contributed by atoms with Gasteiger partial charge in [-0.05, 0) is 54.3 Å². The Hall–Kier alpha value is -5.23. The number of ether oxygens (including phenoxy) is 2. The predicted molar refractivity (Wildman–Crippen MR) is 194 cm³/mol. The number of carbonyl (C=O) groups is 3. The molecule has 11 nitrogen and oxygen atoms in total. The molecule has 2 amide bonds. The summed E-state index contributed by atoms with van der Waals surface area (Å²) in [6.45, 7) is 4.63. The number of amides is 2. The van der Waals surface area contributed by atoms with Crippen molar-refractivity contribution in [1.29, 1.82) is 0 Å². The summed E-state index contributed by atoms with van der Waals surface area (Å²) in [6.07, 6.45) is 0.879. The Morgan fingerprint density at radius 3 is 2.36 bits per heavy atom. The zero-order valence-corrected chi connectivity index (χ0v) is 28.3. The van der Waals surface area contributed by atoms with Crippen LogP contribution >= 0.6 is 0 Å². The van der Waals surface area contributed by atoms with Crippen molar-refractivity contribution in [3.8, 4) is 22.6 Å². The van der Waals surface area contributed by atoms with Crippen LogP contribution in [0.15, 0.2) is 97.1 Å². The lowest BCUT2D eigenvalue weighted by Crippen LogP contribution is -2.42. The third-order valence-electron chi connectivity index (χ3n) is 8.55. The molecule has 1 aliphatic heterocycles. The van der Waals surface area contributed by atoms with Crippen LogP contribution in [0.25, 0.3) is 11.1 Å². The second-order valence-electron chi connectivity index (χ2n) is 12.1. The summed E-state index contributed by atoms with van der Waals surface area (Å²) < 4.78 is 10.8. The number of aromatic hydroxyl groups is 1. The Bertz CT molecular complexity index is 1730. The Kier molecular flexibility index (Phi) is 13.3. The maximum Gasteiger partial charge on any atom is 0.411 e. The maximum absolute atomic E-state index is 12.8. The van der Waals surface area contributed by atoms with Crippen LogP contribution in [0.4, 0.5) is 10.5 Å². The van der Waals surface area contributed by atoms with Gasteiger partial charge in [0, 0.05) is 62.5 Å². The van der Waals surface area contributed by atoms with Crippen LogP contribution in [0.2, 0.25) is 0 Å². The number of nitrogens with one attached hydrogen (secondary N) is 4. The lowest BCUT2D eigenvalue weighted by molar-refractivity contribution is 0.0593. The van der Waals surface area contributed by atoms with Crippen LogP contribution in [-0.4, -0.2) is 86.8 Å². The van der Waals surface area contributed by atoms with Crippen LogP contribution in [0.5, 0.6) is 11.5 Å². The number of piperidine rings is 1. The fourth-order valence-electron chi connectivity index (χ4n) is 5.82. The first kappa shape index (κ1) is 36.1. The molecule has 11 heteroatoms. The molecule has 0 spiro atoms. The first-order valence-electron chi connectivity index (χ1n) is 16.9. The molecule has 0 aliphatic carbocycles. The maximum atomic E-state index is 12.8. The van der Waals surface area contributed by atoms with E-state index in [1.54, 1.807) is 36.4 Å². The Morgan fingerprint density at radius 1 is 0.820 bits per heavy atom. The van der Waals surface area contributed by atoms with Crippen LogP contribution in [0.3, 0.4) is 0 Å². The first-order chi connectivity index (χ1) is 24.4. The number of methoxy groups -OCH3 is 1. The highest BCUT2D eigenvalue weighted by Crippen LogP contribution is 2.28. The van der Waals surface area contributed by atoms with E-state index in [4.69, 9.17) is 9.47 Å². The molecule has 1 saturated heterocycles. The number of phenolic OH excluding ortho intramolecular Hbond substituents is 1. The van der Waals surface area contributed by atoms with Gasteiger partial charge in [0.25, 0.3) is 5.91 Å². The van der Waals surface area contributed by atoms with E-state index < -0.39 is 6.09 Å². The van der Waals surface area contributed by atoms with E-state index in [9.17, 15) is 19.5 Å².